The first kappa shape index (κ1) is 12.7. The van der Waals surface area contributed by atoms with Gasteiger partial charge in [0.15, 0.2) is 0 Å². The normalized spacial score (nSPS) is 12.1. The maximum atomic E-state index is 11.4. The quantitative estimate of drug-likeness (QED) is 0.614. The number of imidazole rings is 1. The Kier molecular flexibility index (Phi) is 4.41. The van der Waals surface area contributed by atoms with Gasteiger partial charge < -0.3 is 9.30 Å². The van der Waals surface area contributed by atoms with Gasteiger partial charge in [-0.2, -0.15) is 0 Å². The van der Waals surface area contributed by atoms with Crippen LogP contribution in [0.15, 0.2) is 53.9 Å². The van der Waals surface area contributed by atoms with Crippen LogP contribution in [0.3, 0.4) is 0 Å². The van der Waals surface area contributed by atoms with E-state index >= 15 is 0 Å². The first-order chi connectivity index (χ1) is 8.79. The van der Waals surface area contributed by atoms with Crippen molar-refractivity contribution in [2.75, 3.05) is 7.11 Å². The van der Waals surface area contributed by atoms with E-state index in [0.29, 0.717) is 6.42 Å². The number of carbonyl (C=O) groups excluding carboxylic acids is 1. The molecule has 0 aliphatic heterocycles. The first-order valence-electron chi connectivity index (χ1n) is 5.55. The van der Waals surface area contributed by atoms with Gasteiger partial charge in [-0.25, -0.2) is 4.98 Å². The smallest absolute Gasteiger partial charge is 0.308 e. The van der Waals surface area contributed by atoms with Gasteiger partial charge >= 0.3 is 5.97 Å². The third-order valence-electron chi connectivity index (χ3n) is 2.44. The van der Waals surface area contributed by atoms with E-state index in [9.17, 15) is 4.79 Å². The van der Waals surface area contributed by atoms with E-state index < -0.39 is 0 Å². The monoisotopic (exact) mass is 262 g/mol. The molecule has 2 rings (SSSR count). The van der Waals surface area contributed by atoms with Crippen LogP contribution in [-0.4, -0.2) is 22.6 Å². The molecule has 0 N–H and O–H groups in total. The summed E-state index contributed by atoms with van der Waals surface area (Å²) in [6, 6.07) is 9.96. The third kappa shape index (κ3) is 3.37. The van der Waals surface area contributed by atoms with E-state index in [-0.39, 0.29) is 11.3 Å². The fraction of sp³-hybridized carbons (Fsp3) is 0.231. The van der Waals surface area contributed by atoms with Gasteiger partial charge in [0.2, 0.25) is 0 Å². The zero-order chi connectivity index (χ0) is 12.8. The van der Waals surface area contributed by atoms with Gasteiger partial charge in [0.25, 0.3) is 0 Å². The van der Waals surface area contributed by atoms with Crippen LogP contribution in [0.1, 0.15) is 11.8 Å². The molecule has 2 aromatic rings. The molecule has 1 heterocycles. The van der Waals surface area contributed by atoms with Crippen LogP contribution in [0.4, 0.5) is 0 Å². The summed E-state index contributed by atoms with van der Waals surface area (Å²) < 4.78 is 6.64. The predicted molar refractivity (Wildman–Crippen MR) is 70.2 cm³/mol. The standard InChI is InChI=1S/C13H14N2O2S/c1-17-13(16)9-12(15-8-7-14-10-15)18-11-5-3-2-4-6-11/h2-8,10,12H,9H2,1H3. The van der Waals surface area contributed by atoms with Gasteiger partial charge in [0, 0.05) is 17.3 Å². The number of ether oxygens (including phenoxy) is 1. The fourth-order valence-electron chi connectivity index (χ4n) is 1.53. The van der Waals surface area contributed by atoms with E-state index in [1.807, 2.05) is 41.1 Å². The molecule has 0 radical (unpaired) electrons. The molecule has 4 nitrogen and oxygen atoms in total. The van der Waals surface area contributed by atoms with Crippen molar-refractivity contribution in [2.24, 2.45) is 0 Å². The van der Waals surface area contributed by atoms with Crippen LogP contribution in [0, 0.1) is 0 Å². The molecule has 1 aromatic heterocycles. The number of esters is 1. The van der Waals surface area contributed by atoms with E-state index in [4.69, 9.17) is 4.74 Å². The van der Waals surface area contributed by atoms with Crippen molar-refractivity contribution in [3.8, 4) is 0 Å². The van der Waals surface area contributed by atoms with E-state index in [1.54, 1.807) is 24.3 Å². The molecule has 0 saturated heterocycles. The average Bonchev–Trinajstić information content (AvgIpc) is 2.93. The lowest BCUT2D eigenvalue weighted by Crippen LogP contribution is -2.11. The summed E-state index contributed by atoms with van der Waals surface area (Å²) in [6.45, 7) is 0. The minimum absolute atomic E-state index is 0.0395. The second-order valence-corrected chi connectivity index (χ2v) is 4.93. The topological polar surface area (TPSA) is 44.1 Å². The Morgan fingerprint density at radius 2 is 2.22 bits per heavy atom. The molecule has 0 spiro atoms. The third-order valence-corrected chi connectivity index (χ3v) is 3.67. The molecule has 0 aliphatic rings. The molecule has 0 saturated carbocycles. The van der Waals surface area contributed by atoms with Gasteiger partial charge in [-0.15, -0.1) is 11.8 Å². The molecule has 5 heteroatoms. The van der Waals surface area contributed by atoms with Crippen molar-refractivity contribution in [1.82, 2.24) is 9.55 Å². The summed E-state index contributed by atoms with van der Waals surface area (Å²) >= 11 is 1.61. The van der Waals surface area contributed by atoms with Crippen LogP contribution in [0.25, 0.3) is 0 Å². The van der Waals surface area contributed by atoms with Crippen molar-refractivity contribution in [1.29, 1.82) is 0 Å². The minimum atomic E-state index is -0.225. The van der Waals surface area contributed by atoms with Crippen molar-refractivity contribution in [2.45, 2.75) is 16.7 Å². The van der Waals surface area contributed by atoms with Gasteiger partial charge in [-0.05, 0) is 12.1 Å². The summed E-state index contributed by atoms with van der Waals surface area (Å²) in [7, 11) is 1.40. The number of benzene rings is 1. The summed E-state index contributed by atoms with van der Waals surface area (Å²) in [6.07, 6.45) is 5.58. The number of aromatic nitrogens is 2. The molecule has 0 fully saturated rings. The number of rotatable bonds is 5. The molecular weight excluding hydrogens is 248 g/mol. The van der Waals surface area contributed by atoms with Crippen molar-refractivity contribution >= 4 is 17.7 Å². The second-order valence-electron chi connectivity index (χ2n) is 3.68. The Morgan fingerprint density at radius 3 is 2.83 bits per heavy atom. The maximum Gasteiger partial charge on any atom is 0.308 e. The predicted octanol–water partition coefficient (Wildman–Crippen LogP) is 2.74. The number of hydrogen-bond donors (Lipinski definition) is 0. The lowest BCUT2D eigenvalue weighted by atomic mass is 10.4. The Bertz CT molecular complexity index is 485. The van der Waals surface area contributed by atoms with Gasteiger partial charge in [0.05, 0.1) is 25.2 Å². The zero-order valence-electron chi connectivity index (χ0n) is 10.0. The van der Waals surface area contributed by atoms with Crippen LogP contribution < -0.4 is 0 Å². The van der Waals surface area contributed by atoms with E-state index in [1.165, 1.54) is 7.11 Å². The van der Waals surface area contributed by atoms with Gasteiger partial charge in [-0.3, -0.25) is 4.79 Å². The molecular formula is C13H14N2O2S. The van der Waals surface area contributed by atoms with Crippen LogP contribution in [-0.2, 0) is 9.53 Å². The average molecular weight is 262 g/mol. The Labute approximate surface area is 110 Å². The Hall–Kier alpha value is -1.75. The lowest BCUT2D eigenvalue weighted by Gasteiger charge is -2.16. The molecule has 18 heavy (non-hydrogen) atoms. The second kappa shape index (κ2) is 6.26. The largest absolute Gasteiger partial charge is 0.469 e. The highest BCUT2D eigenvalue weighted by molar-refractivity contribution is 7.99. The summed E-state index contributed by atoms with van der Waals surface area (Å²) in [5.74, 6) is -0.225. The van der Waals surface area contributed by atoms with Crippen LogP contribution >= 0.6 is 11.8 Å². The van der Waals surface area contributed by atoms with Crippen molar-refractivity contribution < 1.29 is 9.53 Å². The maximum absolute atomic E-state index is 11.4. The number of thioether (sulfide) groups is 1. The fourth-order valence-corrected chi connectivity index (χ4v) is 2.62. The highest BCUT2D eigenvalue weighted by Crippen LogP contribution is 2.33. The van der Waals surface area contributed by atoms with Crippen molar-refractivity contribution in [3.05, 3.63) is 49.1 Å². The highest BCUT2D eigenvalue weighted by atomic mass is 32.2. The first-order valence-corrected chi connectivity index (χ1v) is 6.43. The number of carbonyl (C=O) groups is 1. The minimum Gasteiger partial charge on any atom is -0.469 e. The van der Waals surface area contributed by atoms with Gasteiger partial charge in [-0.1, -0.05) is 18.2 Å². The summed E-state index contributed by atoms with van der Waals surface area (Å²) in [5, 5.41) is -0.0395. The molecule has 0 bridgehead atoms. The molecule has 1 unspecified atom stereocenters. The number of hydrogen-bond acceptors (Lipinski definition) is 4. The lowest BCUT2D eigenvalue weighted by molar-refractivity contribution is -0.140. The number of methoxy groups -OCH3 is 1. The van der Waals surface area contributed by atoms with Gasteiger partial charge in [0.1, 0.15) is 0 Å². The molecule has 0 aliphatic carbocycles. The molecule has 94 valence electrons. The zero-order valence-corrected chi connectivity index (χ0v) is 10.8. The van der Waals surface area contributed by atoms with E-state index in [2.05, 4.69) is 4.98 Å². The van der Waals surface area contributed by atoms with Crippen LogP contribution in [0.5, 0.6) is 0 Å². The summed E-state index contributed by atoms with van der Waals surface area (Å²) in [4.78, 5) is 16.6. The molecule has 1 aromatic carbocycles. The van der Waals surface area contributed by atoms with E-state index in [0.717, 1.165) is 4.90 Å². The summed E-state index contributed by atoms with van der Waals surface area (Å²) in [5.41, 5.74) is 0. The SMILES string of the molecule is COC(=O)CC(Sc1ccccc1)n1ccnc1. The van der Waals surface area contributed by atoms with Crippen molar-refractivity contribution in [3.63, 3.8) is 0 Å². The Morgan fingerprint density at radius 1 is 1.44 bits per heavy atom. The number of nitrogens with zero attached hydrogens (tertiary/aromatic N) is 2. The van der Waals surface area contributed by atoms with Crippen LogP contribution in [0.2, 0.25) is 0 Å². The highest BCUT2D eigenvalue weighted by Gasteiger charge is 2.17. The molecule has 1 atom stereocenters. The molecule has 0 amide bonds. The Balaban J connectivity index is 2.12.